The first-order valence-electron chi connectivity index (χ1n) is 8.28. The Morgan fingerprint density at radius 1 is 1.08 bits per heavy atom. The number of nitrogens with zero attached hydrogens (tertiary/aromatic N) is 2. The fourth-order valence-corrected chi connectivity index (χ4v) is 3.79. The summed E-state index contributed by atoms with van der Waals surface area (Å²) in [4.78, 5) is 5.98. The third kappa shape index (κ3) is 4.91. The van der Waals surface area contributed by atoms with Gasteiger partial charge in [0.2, 0.25) is 0 Å². The summed E-state index contributed by atoms with van der Waals surface area (Å²) < 4.78 is 7.72. The number of hydrogen-bond acceptors (Lipinski definition) is 3. The number of hydrogen-bond donors (Lipinski definition) is 0. The summed E-state index contributed by atoms with van der Waals surface area (Å²) in [6.07, 6.45) is 0.949. The number of aromatic nitrogens is 2. The van der Waals surface area contributed by atoms with Crippen molar-refractivity contribution >= 4 is 46.0 Å². The molecule has 1 heterocycles. The van der Waals surface area contributed by atoms with Gasteiger partial charge in [-0.15, -0.1) is 11.8 Å². The summed E-state index contributed by atoms with van der Waals surface area (Å²) in [6.45, 7) is 4.38. The minimum atomic E-state index is 0.732. The predicted octanol–water partition coefficient (Wildman–Crippen LogP) is 6.06. The van der Waals surface area contributed by atoms with Gasteiger partial charge in [0.15, 0.2) is 0 Å². The average molecular weight is 395 g/mol. The Morgan fingerprint density at radius 3 is 2.60 bits per heavy atom. The Hall–Kier alpha value is -1.20. The molecule has 0 saturated heterocycles. The van der Waals surface area contributed by atoms with Crippen LogP contribution in [0.2, 0.25) is 10.0 Å². The van der Waals surface area contributed by atoms with Crippen molar-refractivity contribution in [3.05, 3.63) is 58.3 Å². The van der Waals surface area contributed by atoms with Crippen molar-refractivity contribution in [1.82, 2.24) is 9.55 Å². The Kier molecular flexibility index (Phi) is 6.65. The van der Waals surface area contributed by atoms with Crippen molar-refractivity contribution < 1.29 is 4.74 Å². The van der Waals surface area contributed by atoms with E-state index in [2.05, 4.69) is 4.57 Å². The van der Waals surface area contributed by atoms with E-state index in [9.17, 15) is 0 Å². The largest absolute Gasteiger partial charge is 0.382 e. The molecule has 0 radical (unpaired) electrons. The fourth-order valence-electron chi connectivity index (χ4n) is 2.65. The number of halogens is 2. The van der Waals surface area contributed by atoms with Gasteiger partial charge < -0.3 is 9.30 Å². The van der Waals surface area contributed by atoms with Gasteiger partial charge in [-0.1, -0.05) is 23.2 Å². The first kappa shape index (κ1) is 18.6. The number of thioether (sulfide) groups is 1. The number of imidazole rings is 1. The second-order valence-electron chi connectivity index (χ2n) is 5.61. The van der Waals surface area contributed by atoms with Crippen molar-refractivity contribution in [2.75, 3.05) is 13.2 Å². The summed E-state index contributed by atoms with van der Waals surface area (Å²) in [5, 5.41) is 1.48. The van der Waals surface area contributed by atoms with E-state index in [1.54, 1.807) is 11.8 Å². The highest BCUT2D eigenvalue weighted by Crippen LogP contribution is 2.27. The maximum Gasteiger partial charge on any atom is 0.120 e. The van der Waals surface area contributed by atoms with Crippen LogP contribution in [0.5, 0.6) is 0 Å². The van der Waals surface area contributed by atoms with Gasteiger partial charge in [0.05, 0.1) is 16.8 Å². The molecule has 0 saturated carbocycles. The molecule has 3 rings (SSSR count). The topological polar surface area (TPSA) is 27.1 Å². The van der Waals surface area contributed by atoms with E-state index in [0.29, 0.717) is 0 Å². The standard InChI is InChI=1S/C19H20Cl2N2OS/c1-2-24-11-3-10-23-18-12-15(21)6-9-17(18)22-19(23)13-25-16-7-4-14(20)5-8-16/h4-9,12H,2-3,10-11,13H2,1H3. The molecule has 0 aliphatic carbocycles. The average Bonchev–Trinajstić information content (AvgIpc) is 2.95. The molecule has 0 fully saturated rings. The van der Waals surface area contributed by atoms with Gasteiger partial charge in [-0.3, -0.25) is 0 Å². The molecule has 2 aromatic carbocycles. The zero-order valence-electron chi connectivity index (χ0n) is 14.0. The fraction of sp³-hybridized carbons (Fsp3) is 0.316. The first-order chi connectivity index (χ1) is 12.2. The molecular formula is C19H20Cl2N2OS. The van der Waals surface area contributed by atoms with Crippen LogP contribution in [-0.4, -0.2) is 22.8 Å². The normalized spacial score (nSPS) is 11.3. The van der Waals surface area contributed by atoms with Crippen LogP contribution in [0.4, 0.5) is 0 Å². The Bertz CT molecular complexity index is 833. The Balaban J connectivity index is 1.80. The van der Waals surface area contributed by atoms with E-state index in [1.165, 1.54) is 4.90 Å². The third-order valence-electron chi connectivity index (χ3n) is 3.85. The molecule has 6 heteroatoms. The third-order valence-corrected chi connectivity index (χ3v) is 5.34. The molecule has 0 bridgehead atoms. The predicted molar refractivity (Wildman–Crippen MR) is 107 cm³/mol. The lowest BCUT2D eigenvalue weighted by Gasteiger charge is -2.09. The summed E-state index contributed by atoms with van der Waals surface area (Å²) in [5.41, 5.74) is 2.06. The van der Waals surface area contributed by atoms with Gasteiger partial charge >= 0.3 is 0 Å². The van der Waals surface area contributed by atoms with E-state index in [-0.39, 0.29) is 0 Å². The van der Waals surface area contributed by atoms with Crippen molar-refractivity contribution in [3.8, 4) is 0 Å². The van der Waals surface area contributed by atoms with Gasteiger partial charge in [-0.2, -0.15) is 0 Å². The molecular weight excluding hydrogens is 375 g/mol. The second kappa shape index (κ2) is 8.95. The van der Waals surface area contributed by atoms with Gasteiger partial charge in [-0.25, -0.2) is 4.98 Å². The SMILES string of the molecule is CCOCCCn1c(CSc2ccc(Cl)cc2)nc2ccc(Cl)cc21. The van der Waals surface area contributed by atoms with Crippen LogP contribution in [0.25, 0.3) is 11.0 Å². The van der Waals surface area contributed by atoms with Crippen molar-refractivity contribution in [1.29, 1.82) is 0 Å². The van der Waals surface area contributed by atoms with Crippen LogP contribution in [0.3, 0.4) is 0 Å². The molecule has 0 amide bonds. The maximum atomic E-state index is 6.19. The highest BCUT2D eigenvalue weighted by Gasteiger charge is 2.11. The van der Waals surface area contributed by atoms with Gasteiger partial charge in [0, 0.05) is 34.7 Å². The van der Waals surface area contributed by atoms with Crippen molar-refractivity contribution in [2.24, 2.45) is 0 Å². The first-order valence-corrected chi connectivity index (χ1v) is 10.0. The van der Waals surface area contributed by atoms with Crippen LogP contribution in [0.1, 0.15) is 19.2 Å². The van der Waals surface area contributed by atoms with Gasteiger partial charge in [0.25, 0.3) is 0 Å². The monoisotopic (exact) mass is 394 g/mol. The number of fused-ring (bicyclic) bond motifs is 1. The van der Waals surface area contributed by atoms with Crippen LogP contribution >= 0.6 is 35.0 Å². The van der Waals surface area contributed by atoms with E-state index in [1.807, 2.05) is 49.4 Å². The van der Waals surface area contributed by atoms with E-state index >= 15 is 0 Å². The lowest BCUT2D eigenvalue weighted by atomic mass is 10.3. The van der Waals surface area contributed by atoms with E-state index < -0.39 is 0 Å². The zero-order valence-corrected chi connectivity index (χ0v) is 16.4. The molecule has 0 spiro atoms. The Labute approximate surface area is 162 Å². The van der Waals surface area contributed by atoms with Crippen molar-refractivity contribution in [2.45, 2.75) is 30.5 Å². The number of benzene rings is 2. The molecule has 3 aromatic rings. The Morgan fingerprint density at radius 2 is 1.84 bits per heavy atom. The number of ether oxygens (including phenoxy) is 1. The molecule has 0 N–H and O–H groups in total. The van der Waals surface area contributed by atoms with E-state index in [0.717, 1.165) is 58.8 Å². The quantitative estimate of drug-likeness (QED) is 0.343. The summed E-state index contributed by atoms with van der Waals surface area (Å²) >= 11 is 13.9. The van der Waals surface area contributed by atoms with Crippen LogP contribution in [0, 0.1) is 0 Å². The van der Waals surface area contributed by atoms with Gasteiger partial charge in [0.1, 0.15) is 5.82 Å². The maximum absolute atomic E-state index is 6.19. The lowest BCUT2D eigenvalue weighted by molar-refractivity contribution is 0.142. The van der Waals surface area contributed by atoms with Gasteiger partial charge in [-0.05, 0) is 55.8 Å². The van der Waals surface area contributed by atoms with Crippen LogP contribution in [-0.2, 0) is 17.0 Å². The number of rotatable bonds is 8. The highest BCUT2D eigenvalue weighted by atomic mass is 35.5. The van der Waals surface area contributed by atoms with Crippen LogP contribution < -0.4 is 0 Å². The number of aryl methyl sites for hydroxylation is 1. The highest BCUT2D eigenvalue weighted by molar-refractivity contribution is 7.98. The van der Waals surface area contributed by atoms with Crippen molar-refractivity contribution in [3.63, 3.8) is 0 Å². The molecule has 1 aromatic heterocycles. The molecule has 0 atom stereocenters. The lowest BCUT2D eigenvalue weighted by Crippen LogP contribution is -2.06. The summed E-state index contributed by atoms with van der Waals surface area (Å²) in [6, 6.07) is 13.7. The minimum absolute atomic E-state index is 0.732. The molecule has 0 aliphatic rings. The molecule has 0 unspecified atom stereocenters. The van der Waals surface area contributed by atoms with Crippen LogP contribution in [0.15, 0.2) is 47.4 Å². The molecule has 132 valence electrons. The zero-order chi connectivity index (χ0) is 17.6. The second-order valence-corrected chi connectivity index (χ2v) is 7.53. The summed E-state index contributed by atoms with van der Waals surface area (Å²) in [7, 11) is 0. The summed E-state index contributed by atoms with van der Waals surface area (Å²) in [5.74, 6) is 1.84. The smallest absolute Gasteiger partial charge is 0.120 e. The molecule has 25 heavy (non-hydrogen) atoms. The molecule has 0 aliphatic heterocycles. The molecule has 3 nitrogen and oxygen atoms in total. The minimum Gasteiger partial charge on any atom is -0.382 e. The van der Waals surface area contributed by atoms with E-state index in [4.69, 9.17) is 32.9 Å².